The summed E-state index contributed by atoms with van der Waals surface area (Å²) in [5.41, 5.74) is 0.254. The van der Waals surface area contributed by atoms with Gasteiger partial charge in [-0.2, -0.15) is 4.31 Å². The summed E-state index contributed by atoms with van der Waals surface area (Å²) in [5.74, 6) is -1.88. The lowest BCUT2D eigenvalue weighted by atomic mass is 10.2. The number of hydrogen-bond acceptors (Lipinski definition) is 9. The molecule has 15 heteroatoms. The Labute approximate surface area is 241 Å². The van der Waals surface area contributed by atoms with E-state index in [0.717, 1.165) is 4.31 Å². The maximum absolute atomic E-state index is 13.4. The highest BCUT2D eigenvalue weighted by Crippen LogP contribution is 2.31. The maximum Gasteiger partial charge on any atom is 0.324 e. The second-order valence-electron chi connectivity index (χ2n) is 8.86. The zero-order valence-corrected chi connectivity index (χ0v) is 24.0. The van der Waals surface area contributed by atoms with Crippen LogP contribution < -0.4 is 13.8 Å². The van der Waals surface area contributed by atoms with Crippen molar-refractivity contribution in [3.05, 3.63) is 78.6 Å². The molecule has 0 saturated heterocycles. The number of aliphatic carboxylic acids is 2. The van der Waals surface area contributed by atoms with E-state index in [1.165, 1.54) is 87.0 Å². The second kappa shape index (κ2) is 12.1. The molecule has 0 atom stereocenters. The van der Waals surface area contributed by atoms with Crippen LogP contribution in [-0.2, 0) is 36.2 Å². The first-order valence-corrected chi connectivity index (χ1v) is 15.0. The summed E-state index contributed by atoms with van der Waals surface area (Å²) >= 11 is 0. The van der Waals surface area contributed by atoms with Crippen molar-refractivity contribution in [2.24, 2.45) is 0 Å². The number of anilines is 1. The number of carboxylic acid groups (broad SMARTS) is 2. The quantitative estimate of drug-likeness (QED) is 0.225. The number of benzene rings is 3. The Bertz CT molecular complexity index is 1820. The van der Waals surface area contributed by atoms with Crippen LogP contribution in [0.1, 0.15) is 5.76 Å². The fourth-order valence-corrected chi connectivity index (χ4v) is 6.84. The van der Waals surface area contributed by atoms with E-state index in [9.17, 15) is 36.6 Å². The third-order valence-corrected chi connectivity index (χ3v) is 9.70. The van der Waals surface area contributed by atoms with Crippen LogP contribution in [0.2, 0.25) is 0 Å². The number of sulfonamides is 2. The average Bonchev–Trinajstić information content (AvgIpc) is 3.37. The lowest BCUT2D eigenvalue weighted by Crippen LogP contribution is -2.35. The van der Waals surface area contributed by atoms with Crippen molar-refractivity contribution in [1.29, 1.82) is 0 Å². The molecule has 2 N–H and O–H groups in total. The lowest BCUT2D eigenvalue weighted by molar-refractivity contribution is -0.137. The van der Waals surface area contributed by atoms with Crippen molar-refractivity contribution in [2.45, 2.75) is 16.3 Å². The van der Waals surface area contributed by atoms with Gasteiger partial charge in [-0.1, -0.05) is 0 Å². The second-order valence-corrected chi connectivity index (χ2v) is 12.7. The van der Waals surface area contributed by atoms with Gasteiger partial charge in [0.15, 0.2) is 0 Å². The van der Waals surface area contributed by atoms with Crippen molar-refractivity contribution in [2.75, 3.05) is 31.6 Å². The molecule has 0 unspecified atom stereocenters. The molecule has 13 nitrogen and oxygen atoms in total. The summed E-state index contributed by atoms with van der Waals surface area (Å²) in [5, 5.41) is 19.2. The molecular formula is C27H26N2O11S2. The van der Waals surface area contributed by atoms with Crippen LogP contribution in [0, 0.1) is 0 Å². The number of nitrogens with zero attached hydrogens (tertiary/aromatic N) is 2. The Kier molecular flexibility index (Phi) is 8.75. The number of methoxy groups -OCH3 is 2. The molecular weight excluding hydrogens is 592 g/mol. The lowest BCUT2D eigenvalue weighted by Gasteiger charge is -2.23. The van der Waals surface area contributed by atoms with E-state index < -0.39 is 51.6 Å². The Morgan fingerprint density at radius 2 is 1.26 bits per heavy atom. The van der Waals surface area contributed by atoms with Crippen molar-refractivity contribution in [3.63, 3.8) is 0 Å². The molecule has 0 radical (unpaired) electrons. The van der Waals surface area contributed by atoms with Crippen molar-refractivity contribution < 1.29 is 50.5 Å². The summed E-state index contributed by atoms with van der Waals surface area (Å²) in [6.45, 7) is -2.19. The molecule has 0 aliphatic carbocycles. The molecule has 42 heavy (non-hydrogen) atoms. The van der Waals surface area contributed by atoms with Gasteiger partial charge in [-0.3, -0.25) is 13.9 Å². The van der Waals surface area contributed by atoms with E-state index in [1.54, 1.807) is 0 Å². The molecule has 1 heterocycles. The van der Waals surface area contributed by atoms with Gasteiger partial charge >= 0.3 is 11.9 Å². The van der Waals surface area contributed by atoms with E-state index in [-0.39, 0.29) is 26.8 Å². The van der Waals surface area contributed by atoms with Crippen LogP contribution in [0.5, 0.6) is 11.5 Å². The molecule has 0 fully saturated rings. The maximum atomic E-state index is 13.4. The molecule has 1 aromatic heterocycles. The minimum absolute atomic E-state index is 0.0151. The topological polar surface area (TPSA) is 181 Å². The van der Waals surface area contributed by atoms with Crippen LogP contribution in [0.25, 0.3) is 11.0 Å². The Morgan fingerprint density at radius 1 is 0.738 bits per heavy atom. The first kappa shape index (κ1) is 30.4. The van der Waals surface area contributed by atoms with Gasteiger partial charge in [0.25, 0.3) is 10.0 Å². The predicted molar refractivity (Wildman–Crippen MR) is 150 cm³/mol. The molecule has 3 aromatic carbocycles. The van der Waals surface area contributed by atoms with Crippen molar-refractivity contribution in [3.8, 4) is 11.5 Å². The smallest absolute Gasteiger partial charge is 0.324 e. The molecule has 0 aliphatic rings. The van der Waals surface area contributed by atoms with E-state index in [4.69, 9.17) is 13.9 Å². The number of fused-ring (bicyclic) bond motifs is 1. The normalized spacial score (nSPS) is 11.9. The van der Waals surface area contributed by atoms with Crippen LogP contribution in [0.4, 0.5) is 5.69 Å². The fourth-order valence-electron chi connectivity index (χ4n) is 4.08. The molecule has 222 valence electrons. The summed E-state index contributed by atoms with van der Waals surface area (Å²) in [4.78, 5) is 22.8. The summed E-state index contributed by atoms with van der Waals surface area (Å²) in [6.07, 6.45) is 0. The standard InChI is InChI=1S/C27H26N2O11S2/c1-38-20-4-8-23(9-5-20)41(34,35)28(16-26(30)31)15-22-14-18-13-19(3-12-25(18)40-22)29(17-27(32)33)42(36,37)24-10-6-21(39-2)7-11-24/h3-14H,15-17H2,1-2H3,(H,30,31)(H,32,33). The molecule has 4 rings (SSSR count). The zero-order valence-electron chi connectivity index (χ0n) is 22.3. The molecule has 4 aromatic rings. The number of carbonyl (C=O) groups is 2. The van der Waals surface area contributed by atoms with Gasteiger partial charge < -0.3 is 24.1 Å². The minimum Gasteiger partial charge on any atom is -0.497 e. The van der Waals surface area contributed by atoms with E-state index in [1.807, 2.05) is 0 Å². The summed E-state index contributed by atoms with van der Waals surface area (Å²) < 4.78 is 70.6. The van der Waals surface area contributed by atoms with Gasteiger partial charge in [-0.25, -0.2) is 16.8 Å². The van der Waals surface area contributed by atoms with Gasteiger partial charge in [0, 0.05) is 5.39 Å². The SMILES string of the molecule is COc1ccc(S(=O)(=O)N(CC(=O)O)Cc2cc3cc(N(CC(=O)O)S(=O)(=O)c4ccc(OC)cc4)ccc3o2)cc1. The Balaban J connectivity index is 1.69. The van der Waals surface area contributed by atoms with Gasteiger partial charge in [-0.15, -0.1) is 0 Å². The zero-order chi connectivity index (χ0) is 30.7. The van der Waals surface area contributed by atoms with Gasteiger partial charge in [0.1, 0.15) is 35.9 Å². The number of carboxylic acids is 2. The fraction of sp³-hybridized carbons (Fsp3) is 0.185. The molecule has 0 spiro atoms. The van der Waals surface area contributed by atoms with E-state index >= 15 is 0 Å². The number of ether oxygens (including phenoxy) is 2. The number of hydrogen-bond donors (Lipinski definition) is 2. The Morgan fingerprint density at radius 3 is 1.76 bits per heavy atom. The van der Waals surface area contributed by atoms with Crippen molar-refractivity contribution >= 4 is 48.6 Å². The monoisotopic (exact) mass is 618 g/mol. The van der Waals surface area contributed by atoms with Gasteiger partial charge in [0.2, 0.25) is 10.0 Å². The molecule has 0 amide bonds. The highest BCUT2D eigenvalue weighted by molar-refractivity contribution is 7.92. The predicted octanol–water partition coefficient (Wildman–Crippen LogP) is 3.01. The third kappa shape index (κ3) is 6.48. The molecule has 0 saturated carbocycles. The first-order valence-electron chi connectivity index (χ1n) is 12.1. The van der Waals surface area contributed by atoms with Gasteiger partial charge in [-0.05, 0) is 72.8 Å². The largest absolute Gasteiger partial charge is 0.497 e. The molecule has 0 bridgehead atoms. The third-order valence-electron chi connectivity index (χ3n) is 6.11. The number of rotatable bonds is 13. The van der Waals surface area contributed by atoms with Gasteiger partial charge in [0.05, 0.1) is 36.2 Å². The highest BCUT2D eigenvalue weighted by Gasteiger charge is 2.30. The number of furan rings is 1. The molecule has 0 aliphatic heterocycles. The van der Waals surface area contributed by atoms with E-state index in [0.29, 0.717) is 21.2 Å². The van der Waals surface area contributed by atoms with Crippen LogP contribution in [0.15, 0.2) is 87.0 Å². The average molecular weight is 619 g/mol. The minimum atomic E-state index is -4.32. The van der Waals surface area contributed by atoms with Crippen LogP contribution >= 0.6 is 0 Å². The van der Waals surface area contributed by atoms with Crippen LogP contribution in [-0.4, -0.2) is 70.6 Å². The highest BCUT2D eigenvalue weighted by atomic mass is 32.2. The first-order chi connectivity index (χ1) is 19.8. The van der Waals surface area contributed by atoms with Crippen LogP contribution in [0.3, 0.4) is 0 Å². The van der Waals surface area contributed by atoms with Crippen molar-refractivity contribution in [1.82, 2.24) is 4.31 Å². The van der Waals surface area contributed by atoms with E-state index in [2.05, 4.69) is 0 Å². The summed E-state index contributed by atoms with van der Waals surface area (Å²) in [7, 11) is -5.75. The Hall–Kier alpha value is -4.60. The summed E-state index contributed by atoms with van der Waals surface area (Å²) in [6, 6.07) is 16.4.